The molecule has 0 saturated carbocycles. The van der Waals surface area contributed by atoms with Gasteiger partial charge in [0.2, 0.25) is 0 Å². The van der Waals surface area contributed by atoms with E-state index in [2.05, 4.69) is 20.6 Å². The van der Waals surface area contributed by atoms with Crippen molar-refractivity contribution in [3.8, 4) is 11.5 Å². The van der Waals surface area contributed by atoms with Crippen LogP contribution >= 0.6 is 11.6 Å². The van der Waals surface area contributed by atoms with Crippen LogP contribution in [-0.2, 0) is 13.0 Å². The fraction of sp³-hybridized carbons (Fsp3) is 0.294. The highest BCUT2D eigenvalue weighted by Gasteiger charge is 2.15. The summed E-state index contributed by atoms with van der Waals surface area (Å²) in [6, 6.07) is 5.60. The average molecular weight is 392 g/mol. The number of nitrogens with one attached hydrogen (secondary N) is 1. The highest BCUT2D eigenvalue weighted by atomic mass is 35.5. The Kier molecular flexibility index (Phi) is 5.92. The van der Waals surface area contributed by atoms with E-state index in [-0.39, 0.29) is 12.4 Å². The number of carbonyl (C=O) groups excluding carboxylic acids is 1. The first-order valence-corrected chi connectivity index (χ1v) is 8.46. The van der Waals surface area contributed by atoms with Crippen molar-refractivity contribution in [3.05, 3.63) is 52.9 Å². The van der Waals surface area contributed by atoms with Crippen LogP contribution in [0.3, 0.4) is 0 Å². The molecule has 9 nitrogen and oxygen atoms in total. The van der Waals surface area contributed by atoms with Gasteiger partial charge in [0.1, 0.15) is 6.54 Å². The lowest BCUT2D eigenvalue weighted by Crippen LogP contribution is -2.26. The van der Waals surface area contributed by atoms with E-state index in [1.807, 2.05) is 18.2 Å². The Morgan fingerprint density at radius 3 is 2.81 bits per heavy atom. The maximum Gasteiger partial charge on any atom is 0.316 e. The van der Waals surface area contributed by atoms with Gasteiger partial charge in [-0.15, -0.1) is 0 Å². The molecule has 1 amide bonds. The first kappa shape index (κ1) is 18.7. The molecule has 2 aromatic heterocycles. The van der Waals surface area contributed by atoms with E-state index in [0.717, 1.165) is 5.56 Å². The maximum atomic E-state index is 12.1. The highest BCUT2D eigenvalue weighted by Crippen LogP contribution is 2.27. The Morgan fingerprint density at radius 1 is 1.30 bits per heavy atom. The fourth-order valence-corrected chi connectivity index (χ4v) is 2.57. The lowest BCUT2D eigenvalue weighted by atomic mass is 10.1. The second kappa shape index (κ2) is 8.54. The number of carbonyl (C=O) groups is 1. The van der Waals surface area contributed by atoms with Crippen molar-refractivity contribution in [2.45, 2.75) is 13.0 Å². The predicted molar refractivity (Wildman–Crippen MR) is 96.2 cm³/mol. The van der Waals surface area contributed by atoms with Gasteiger partial charge in [-0.3, -0.25) is 9.48 Å². The predicted octanol–water partition coefficient (Wildman–Crippen LogP) is 1.96. The first-order valence-electron chi connectivity index (χ1n) is 8.08. The summed E-state index contributed by atoms with van der Waals surface area (Å²) in [5, 5.41) is 11.0. The molecule has 0 spiro atoms. The molecule has 0 fully saturated rings. The number of hydrogen-bond acceptors (Lipinski definition) is 7. The number of halogens is 1. The molecule has 0 unspecified atom stereocenters. The number of aromatic nitrogens is 4. The molecule has 0 bridgehead atoms. The van der Waals surface area contributed by atoms with Gasteiger partial charge in [0, 0.05) is 12.7 Å². The number of methoxy groups -OCH3 is 2. The van der Waals surface area contributed by atoms with Crippen molar-refractivity contribution in [2.24, 2.45) is 0 Å². The Labute approximate surface area is 160 Å². The van der Waals surface area contributed by atoms with Crippen molar-refractivity contribution in [1.29, 1.82) is 0 Å². The zero-order valence-electron chi connectivity index (χ0n) is 14.8. The van der Waals surface area contributed by atoms with Crippen molar-refractivity contribution in [2.75, 3.05) is 20.8 Å². The van der Waals surface area contributed by atoms with E-state index in [1.54, 1.807) is 25.1 Å². The zero-order chi connectivity index (χ0) is 19.2. The summed E-state index contributed by atoms with van der Waals surface area (Å²) in [5.41, 5.74) is 0.995. The van der Waals surface area contributed by atoms with Crippen LogP contribution < -0.4 is 14.8 Å². The number of benzene rings is 1. The average Bonchev–Trinajstić information content (AvgIpc) is 3.30. The number of hydrogen-bond donors (Lipinski definition) is 1. The summed E-state index contributed by atoms with van der Waals surface area (Å²) in [7, 11) is 3.16. The van der Waals surface area contributed by atoms with Crippen LogP contribution in [0.4, 0.5) is 0 Å². The Bertz CT molecular complexity index is 924. The molecule has 0 aliphatic carbocycles. The van der Waals surface area contributed by atoms with Gasteiger partial charge in [0.25, 0.3) is 0 Å². The van der Waals surface area contributed by atoms with E-state index >= 15 is 0 Å². The monoisotopic (exact) mass is 391 g/mol. The molecule has 3 aromatic rings. The Balaban J connectivity index is 1.52. The zero-order valence-corrected chi connectivity index (χ0v) is 15.6. The maximum absolute atomic E-state index is 12.1. The third kappa shape index (κ3) is 4.76. The normalized spacial score (nSPS) is 10.6. The molecule has 1 aromatic carbocycles. The molecule has 10 heteroatoms. The molecular formula is C17H18ClN5O4. The van der Waals surface area contributed by atoms with Crippen molar-refractivity contribution >= 4 is 17.5 Å². The van der Waals surface area contributed by atoms with Gasteiger partial charge in [-0.25, -0.2) is 0 Å². The summed E-state index contributed by atoms with van der Waals surface area (Å²) in [6.07, 6.45) is 3.74. The molecule has 1 N–H and O–H groups in total. The Morgan fingerprint density at radius 2 is 2.11 bits per heavy atom. The van der Waals surface area contributed by atoms with Gasteiger partial charge in [0.15, 0.2) is 17.3 Å². The van der Waals surface area contributed by atoms with Gasteiger partial charge >= 0.3 is 11.8 Å². The van der Waals surface area contributed by atoms with Crippen molar-refractivity contribution in [1.82, 2.24) is 25.2 Å². The van der Waals surface area contributed by atoms with Crippen LogP contribution in [0.2, 0.25) is 5.02 Å². The van der Waals surface area contributed by atoms with E-state index in [4.69, 9.17) is 25.6 Å². The molecule has 3 rings (SSSR count). The van der Waals surface area contributed by atoms with Crippen LogP contribution in [0, 0.1) is 0 Å². The summed E-state index contributed by atoms with van der Waals surface area (Å²) in [4.78, 5) is 16.2. The number of amides is 1. The van der Waals surface area contributed by atoms with Crippen LogP contribution in [0.25, 0.3) is 0 Å². The minimum Gasteiger partial charge on any atom is -0.493 e. The van der Waals surface area contributed by atoms with Gasteiger partial charge in [-0.05, 0) is 24.1 Å². The lowest BCUT2D eigenvalue weighted by Gasteiger charge is -2.09. The standard InChI is InChI=1S/C17H18ClN5O4/c1-25-13-4-3-11(7-14(13)26-2)5-6-19-16(24)17-21-15(22-27-17)10-23-9-12(18)8-20-23/h3-4,7-9H,5-6,10H2,1-2H3,(H,19,24). The smallest absolute Gasteiger partial charge is 0.316 e. The van der Waals surface area contributed by atoms with Crippen LogP contribution in [0.5, 0.6) is 11.5 Å². The van der Waals surface area contributed by atoms with E-state index < -0.39 is 5.91 Å². The van der Waals surface area contributed by atoms with E-state index in [1.165, 1.54) is 6.20 Å². The minimum atomic E-state index is -0.437. The van der Waals surface area contributed by atoms with Gasteiger partial charge in [-0.1, -0.05) is 22.8 Å². The molecule has 0 atom stereocenters. The topological polar surface area (TPSA) is 104 Å². The van der Waals surface area contributed by atoms with Gasteiger partial charge in [0.05, 0.1) is 25.4 Å². The molecular weight excluding hydrogens is 374 g/mol. The Hall–Kier alpha value is -3.07. The molecule has 0 aliphatic heterocycles. The van der Waals surface area contributed by atoms with Gasteiger partial charge in [-0.2, -0.15) is 10.1 Å². The molecule has 2 heterocycles. The second-order valence-electron chi connectivity index (χ2n) is 5.57. The fourth-order valence-electron chi connectivity index (χ4n) is 2.41. The number of rotatable bonds is 8. The lowest BCUT2D eigenvalue weighted by molar-refractivity contribution is 0.0910. The number of ether oxygens (including phenoxy) is 2. The highest BCUT2D eigenvalue weighted by molar-refractivity contribution is 6.30. The third-order valence-corrected chi connectivity index (χ3v) is 3.91. The van der Waals surface area contributed by atoms with E-state index in [9.17, 15) is 4.79 Å². The van der Waals surface area contributed by atoms with Crippen LogP contribution in [0.1, 0.15) is 22.1 Å². The molecule has 0 radical (unpaired) electrons. The molecule has 27 heavy (non-hydrogen) atoms. The molecule has 0 aliphatic rings. The third-order valence-electron chi connectivity index (χ3n) is 3.71. The number of nitrogens with zero attached hydrogens (tertiary/aromatic N) is 4. The van der Waals surface area contributed by atoms with Gasteiger partial charge < -0.3 is 19.3 Å². The largest absolute Gasteiger partial charge is 0.493 e. The SMILES string of the molecule is COc1ccc(CCNC(=O)c2nc(Cn3cc(Cl)cn3)no2)cc1OC. The molecule has 142 valence electrons. The quantitative estimate of drug-likeness (QED) is 0.625. The second-order valence-corrected chi connectivity index (χ2v) is 6.00. The van der Waals surface area contributed by atoms with Crippen molar-refractivity contribution in [3.63, 3.8) is 0 Å². The summed E-state index contributed by atoms with van der Waals surface area (Å²) >= 11 is 5.80. The minimum absolute atomic E-state index is 0.101. The van der Waals surface area contributed by atoms with E-state index in [0.29, 0.717) is 35.3 Å². The first-order chi connectivity index (χ1) is 13.1. The van der Waals surface area contributed by atoms with Crippen LogP contribution in [0.15, 0.2) is 35.1 Å². The molecule has 0 saturated heterocycles. The summed E-state index contributed by atoms with van der Waals surface area (Å²) < 4.78 is 17.0. The van der Waals surface area contributed by atoms with Crippen molar-refractivity contribution < 1.29 is 18.8 Å². The summed E-state index contributed by atoms with van der Waals surface area (Å²) in [6.45, 7) is 0.663. The van der Waals surface area contributed by atoms with Crippen LogP contribution in [-0.4, -0.2) is 46.6 Å². The summed E-state index contributed by atoms with van der Waals surface area (Å²) in [5.74, 6) is 1.09.